The monoisotopic (exact) mass is 232 g/mol. The molecular weight excluding hydrogens is 224 g/mol. The third kappa shape index (κ3) is 2.28. The number of rotatable bonds is 3. The van der Waals surface area contributed by atoms with Crippen molar-refractivity contribution in [2.45, 2.75) is 0 Å². The maximum Gasteiger partial charge on any atom is 0.337 e. The second-order valence-corrected chi connectivity index (χ2v) is 3.15. The molecule has 0 atom stereocenters. The highest BCUT2D eigenvalue weighted by Gasteiger charge is 2.13. The number of imidazole rings is 1. The number of aromatic carboxylic acids is 1. The van der Waals surface area contributed by atoms with Crippen LogP contribution in [0.5, 0.6) is 0 Å². The van der Waals surface area contributed by atoms with E-state index in [1.807, 2.05) is 0 Å². The highest BCUT2D eigenvalue weighted by molar-refractivity contribution is 6.06. The van der Waals surface area contributed by atoms with E-state index < -0.39 is 11.9 Å². The van der Waals surface area contributed by atoms with Gasteiger partial charge in [0.15, 0.2) is 0 Å². The van der Waals surface area contributed by atoms with Crippen LogP contribution in [0.15, 0.2) is 31.0 Å². The van der Waals surface area contributed by atoms with Gasteiger partial charge in [0.2, 0.25) is 0 Å². The number of anilines is 1. The quantitative estimate of drug-likeness (QED) is 0.723. The molecule has 0 aliphatic rings. The minimum atomic E-state index is -1.13. The molecule has 7 heteroatoms. The summed E-state index contributed by atoms with van der Waals surface area (Å²) in [5.41, 5.74) is 0.359. The predicted octanol–water partition coefficient (Wildman–Crippen LogP) is 0.755. The van der Waals surface area contributed by atoms with Gasteiger partial charge in [-0.25, -0.2) is 9.78 Å². The fraction of sp³-hybridized carbons (Fsp3) is 0. The summed E-state index contributed by atoms with van der Waals surface area (Å²) in [4.78, 5) is 32.6. The normalized spacial score (nSPS) is 9.88. The minimum absolute atomic E-state index is 0.0205. The lowest BCUT2D eigenvalue weighted by molar-refractivity contribution is 0.0698. The predicted molar refractivity (Wildman–Crippen MR) is 57.7 cm³/mol. The number of carbonyl (C=O) groups excluding carboxylic acids is 1. The first-order chi connectivity index (χ1) is 8.18. The van der Waals surface area contributed by atoms with Crippen molar-refractivity contribution >= 4 is 17.6 Å². The Hall–Kier alpha value is -2.70. The first-order valence-electron chi connectivity index (χ1n) is 4.65. The number of nitrogens with zero attached hydrogens (tertiary/aromatic N) is 2. The molecule has 0 aliphatic heterocycles. The first-order valence-corrected chi connectivity index (χ1v) is 4.65. The van der Waals surface area contributed by atoms with Gasteiger partial charge < -0.3 is 15.4 Å². The molecule has 2 heterocycles. The third-order valence-electron chi connectivity index (χ3n) is 2.04. The van der Waals surface area contributed by atoms with E-state index in [2.05, 4.69) is 20.3 Å². The molecule has 0 saturated carbocycles. The Morgan fingerprint density at radius 1 is 1.29 bits per heavy atom. The second kappa shape index (κ2) is 4.44. The van der Waals surface area contributed by atoms with Gasteiger partial charge in [0.25, 0.3) is 5.91 Å². The molecule has 0 radical (unpaired) electrons. The Morgan fingerprint density at radius 3 is 2.76 bits per heavy atom. The standard InChI is InChI=1S/C10H8N4O3/c15-9(8-4-12-5-13-8)14-7-3-11-2-1-6(7)10(16)17/h1-5H,(H,12,13)(H,14,15)(H,16,17). The number of nitrogens with one attached hydrogen (secondary N) is 2. The van der Waals surface area contributed by atoms with Crippen molar-refractivity contribution in [2.24, 2.45) is 0 Å². The van der Waals surface area contributed by atoms with E-state index in [1.54, 1.807) is 0 Å². The van der Waals surface area contributed by atoms with Crippen LogP contribution in [0.1, 0.15) is 20.8 Å². The molecule has 3 N–H and O–H groups in total. The molecule has 0 spiro atoms. The van der Waals surface area contributed by atoms with Gasteiger partial charge in [0.1, 0.15) is 5.69 Å². The molecule has 7 nitrogen and oxygen atoms in total. The maximum absolute atomic E-state index is 11.6. The zero-order valence-electron chi connectivity index (χ0n) is 8.54. The summed E-state index contributed by atoms with van der Waals surface area (Å²) in [5, 5.41) is 11.4. The van der Waals surface area contributed by atoms with Crippen molar-refractivity contribution in [1.29, 1.82) is 0 Å². The number of hydrogen-bond donors (Lipinski definition) is 3. The molecule has 0 aromatic carbocycles. The number of aromatic amines is 1. The number of carbonyl (C=O) groups is 2. The van der Waals surface area contributed by atoms with Gasteiger partial charge in [-0.05, 0) is 6.07 Å². The Bertz CT molecular complexity index is 550. The fourth-order valence-corrected chi connectivity index (χ4v) is 1.25. The third-order valence-corrected chi connectivity index (χ3v) is 2.04. The number of hydrogen-bond acceptors (Lipinski definition) is 4. The highest BCUT2D eigenvalue weighted by atomic mass is 16.4. The van der Waals surface area contributed by atoms with Crippen molar-refractivity contribution in [3.63, 3.8) is 0 Å². The van der Waals surface area contributed by atoms with E-state index in [1.165, 1.54) is 31.0 Å². The summed E-state index contributed by atoms with van der Waals surface area (Å²) >= 11 is 0. The summed E-state index contributed by atoms with van der Waals surface area (Å²) in [6.45, 7) is 0. The number of H-pyrrole nitrogens is 1. The van der Waals surface area contributed by atoms with Gasteiger partial charge in [-0.15, -0.1) is 0 Å². The van der Waals surface area contributed by atoms with Crippen LogP contribution >= 0.6 is 0 Å². The maximum atomic E-state index is 11.6. The molecule has 1 amide bonds. The molecule has 0 bridgehead atoms. The van der Waals surface area contributed by atoms with Gasteiger partial charge >= 0.3 is 5.97 Å². The van der Waals surface area contributed by atoms with Crippen LogP contribution in [0.3, 0.4) is 0 Å². The minimum Gasteiger partial charge on any atom is -0.478 e. The zero-order chi connectivity index (χ0) is 12.3. The molecule has 0 saturated heterocycles. The summed E-state index contributed by atoms with van der Waals surface area (Å²) < 4.78 is 0. The fourth-order valence-electron chi connectivity index (χ4n) is 1.25. The second-order valence-electron chi connectivity index (χ2n) is 3.15. The number of pyridine rings is 1. The van der Waals surface area contributed by atoms with Crippen LogP contribution in [-0.2, 0) is 0 Å². The molecule has 0 fully saturated rings. The van der Waals surface area contributed by atoms with Crippen molar-refractivity contribution < 1.29 is 14.7 Å². The molecule has 0 unspecified atom stereocenters. The molecule has 2 rings (SSSR count). The molecule has 17 heavy (non-hydrogen) atoms. The van der Waals surface area contributed by atoms with E-state index in [0.717, 1.165) is 0 Å². The van der Waals surface area contributed by atoms with E-state index in [-0.39, 0.29) is 16.9 Å². The average Bonchev–Trinajstić information content (AvgIpc) is 2.83. The Morgan fingerprint density at radius 2 is 2.12 bits per heavy atom. The molecule has 0 aliphatic carbocycles. The number of aromatic nitrogens is 3. The summed E-state index contributed by atoms with van der Waals surface area (Å²) in [7, 11) is 0. The molecule has 2 aromatic heterocycles. The lowest BCUT2D eigenvalue weighted by Gasteiger charge is -2.05. The van der Waals surface area contributed by atoms with Crippen molar-refractivity contribution in [1.82, 2.24) is 15.0 Å². The summed E-state index contributed by atoms with van der Waals surface area (Å²) in [6.07, 6.45) is 5.31. The van der Waals surface area contributed by atoms with E-state index >= 15 is 0 Å². The lowest BCUT2D eigenvalue weighted by atomic mass is 10.2. The summed E-state index contributed by atoms with van der Waals surface area (Å²) in [5.74, 6) is -1.61. The van der Waals surface area contributed by atoms with Gasteiger partial charge in [-0.3, -0.25) is 9.78 Å². The van der Waals surface area contributed by atoms with Crippen LogP contribution in [0.2, 0.25) is 0 Å². The van der Waals surface area contributed by atoms with Gasteiger partial charge in [-0.1, -0.05) is 0 Å². The molecule has 86 valence electrons. The van der Waals surface area contributed by atoms with Crippen molar-refractivity contribution in [3.8, 4) is 0 Å². The largest absolute Gasteiger partial charge is 0.478 e. The highest BCUT2D eigenvalue weighted by Crippen LogP contribution is 2.13. The zero-order valence-corrected chi connectivity index (χ0v) is 8.54. The van der Waals surface area contributed by atoms with Crippen LogP contribution in [0.4, 0.5) is 5.69 Å². The van der Waals surface area contributed by atoms with E-state index in [9.17, 15) is 9.59 Å². The SMILES string of the molecule is O=C(Nc1cnccc1C(=O)O)c1cnc[nH]1. The molecular formula is C10H8N4O3. The van der Waals surface area contributed by atoms with Crippen LogP contribution < -0.4 is 5.32 Å². The smallest absolute Gasteiger partial charge is 0.337 e. The van der Waals surface area contributed by atoms with Gasteiger partial charge in [-0.2, -0.15) is 0 Å². The Labute approximate surface area is 95.5 Å². The topological polar surface area (TPSA) is 108 Å². The van der Waals surface area contributed by atoms with Crippen LogP contribution in [-0.4, -0.2) is 31.9 Å². The number of amides is 1. The summed E-state index contributed by atoms with van der Waals surface area (Å²) in [6, 6.07) is 1.31. The van der Waals surface area contributed by atoms with Gasteiger partial charge in [0, 0.05) is 6.20 Å². The first kappa shape index (κ1) is 10.8. The van der Waals surface area contributed by atoms with Crippen LogP contribution in [0, 0.1) is 0 Å². The Kier molecular flexibility index (Phi) is 2.82. The number of carboxylic acids is 1. The van der Waals surface area contributed by atoms with Crippen molar-refractivity contribution in [2.75, 3.05) is 5.32 Å². The average molecular weight is 232 g/mol. The van der Waals surface area contributed by atoms with Gasteiger partial charge in [0.05, 0.1) is 30.0 Å². The Balaban J connectivity index is 2.25. The molecule has 2 aromatic rings. The van der Waals surface area contributed by atoms with Crippen molar-refractivity contribution in [3.05, 3.63) is 42.2 Å². The lowest BCUT2D eigenvalue weighted by Crippen LogP contribution is -2.15. The van der Waals surface area contributed by atoms with E-state index in [0.29, 0.717) is 0 Å². The number of carboxylic acid groups (broad SMARTS) is 1. The van der Waals surface area contributed by atoms with E-state index in [4.69, 9.17) is 5.11 Å². The van der Waals surface area contributed by atoms with Crippen LogP contribution in [0.25, 0.3) is 0 Å².